The molecule has 0 saturated carbocycles. The van der Waals surface area contributed by atoms with Gasteiger partial charge < -0.3 is 19.9 Å². The van der Waals surface area contributed by atoms with Crippen molar-refractivity contribution in [2.24, 2.45) is 5.73 Å². The highest BCUT2D eigenvalue weighted by molar-refractivity contribution is 5.76. The first kappa shape index (κ1) is 26.8. The first-order chi connectivity index (χ1) is 14.8. The number of ether oxygens (including phenoxy) is 3. The number of esters is 3. The van der Waals surface area contributed by atoms with Crippen LogP contribution in [0.5, 0.6) is 0 Å². The number of hydrogen-bond donors (Lipinski definition) is 1. The largest absolute Gasteiger partial charge is 0.468 e. The van der Waals surface area contributed by atoms with Crippen molar-refractivity contribution in [2.45, 2.75) is 0 Å². The van der Waals surface area contributed by atoms with Gasteiger partial charge in [0.05, 0.1) is 47.5 Å². The van der Waals surface area contributed by atoms with Gasteiger partial charge in [-0.2, -0.15) is 0 Å². The maximum Gasteiger partial charge on any atom is 0.319 e. The average Bonchev–Trinajstić information content (AvgIpc) is 2.74. The minimum atomic E-state index is -0.449. The van der Waals surface area contributed by atoms with E-state index in [9.17, 15) is 19.2 Å². The standard InChI is InChI=1S/C19H35N5O7/c1-29-17(26)13-22-6-4-21(12-16(20)25)5-7-23(14-18(27)30-2)9-11-24(10-8-22)15-19(28)31-3/h4-15H2,1-3H3,(H2,20,25). The number of rotatable bonds is 8. The molecule has 1 aliphatic rings. The number of amides is 1. The SMILES string of the molecule is COC(=O)CN1CCN(CC(N)=O)CCN(CC(=O)OC)CCN(CC(=O)OC)CC1. The van der Waals surface area contributed by atoms with E-state index < -0.39 is 5.91 Å². The van der Waals surface area contributed by atoms with Crippen molar-refractivity contribution < 1.29 is 33.4 Å². The fourth-order valence-electron chi connectivity index (χ4n) is 3.17. The van der Waals surface area contributed by atoms with Crippen LogP contribution in [0, 0.1) is 0 Å². The van der Waals surface area contributed by atoms with Crippen LogP contribution >= 0.6 is 0 Å². The second-order valence-electron chi connectivity index (χ2n) is 7.30. The normalized spacial score (nSPS) is 18.4. The molecule has 0 aromatic heterocycles. The van der Waals surface area contributed by atoms with Gasteiger partial charge in [-0.3, -0.25) is 38.8 Å². The van der Waals surface area contributed by atoms with Gasteiger partial charge in [-0.15, -0.1) is 0 Å². The molecule has 0 aromatic carbocycles. The molecule has 12 nitrogen and oxygen atoms in total. The van der Waals surface area contributed by atoms with Gasteiger partial charge >= 0.3 is 17.9 Å². The Kier molecular flexibility index (Phi) is 12.7. The van der Waals surface area contributed by atoms with Gasteiger partial charge in [0.1, 0.15) is 0 Å². The number of nitrogens with zero attached hydrogens (tertiary/aromatic N) is 4. The van der Waals surface area contributed by atoms with Gasteiger partial charge in [0.2, 0.25) is 5.91 Å². The van der Waals surface area contributed by atoms with Crippen LogP contribution in [0.25, 0.3) is 0 Å². The van der Waals surface area contributed by atoms with Crippen molar-refractivity contribution in [3.63, 3.8) is 0 Å². The summed E-state index contributed by atoms with van der Waals surface area (Å²) >= 11 is 0. The Morgan fingerprint density at radius 3 is 0.968 bits per heavy atom. The summed E-state index contributed by atoms with van der Waals surface area (Å²) in [7, 11) is 3.99. The summed E-state index contributed by atoms with van der Waals surface area (Å²) in [5, 5.41) is 0. The number of nitrogens with two attached hydrogens (primary N) is 1. The third-order valence-corrected chi connectivity index (χ3v) is 5.05. The van der Waals surface area contributed by atoms with E-state index in [1.54, 1.807) is 0 Å². The van der Waals surface area contributed by atoms with E-state index in [4.69, 9.17) is 19.9 Å². The third kappa shape index (κ3) is 11.6. The quantitative estimate of drug-likeness (QED) is 0.307. The molecule has 0 unspecified atom stereocenters. The summed E-state index contributed by atoms with van der Waals surface area (Å²) in [4.78, 5) is 54.6. The fourth-order valence-corrected chi connectivity index (χ4v) is 3.17. The maximum absolute atomic E-state index is 11.8. The van der Waals surface area contributed by atoms with Gasteiger partial charge in [0.25, 0.3) is 0 Å². The molecular weight excluding hydrogens is 410 g/mol. The molecule has 0 atom stereocenters. The van der Waals surface area contributed by atoms with E-state index in [1.807, 2.05) is 19.6 Å². The second-order valence-corrected chi connectivity index (χ2v) is 7.30. The Morgan fingerprint density at radius 2 is 0.774 bits per heavy atom. The van der Waals surface area contributed by atoms with Crippen LogP contribution in [0.1, 0.15) is 0 Å². The summed E-state index contributed by atoms with van der Waals surface area (Å²) in [6, 6.07) is 0. The molecule has 178 valence electrons. The second kappa shape index (κ2) is 14.7. The lowest BCUT2D eigenvalue weighted by atomic mass is 10.3. The van der Waals surface area contributed by atoms with Crippen molar-refractivity contribution in [1.29, 1.82) is 0 Å². The smallest absolute Gasteiger partial charge is 0.319 e. The van der Waals surface area contributed by atoms with E-state index in [0.717, 1.165) is 0 Å². The van der Waals surface area contributed by atoms with Gasteiger partial charge in [-0.25, -0.2) is 0 Å². The molecule has 1 saturated heterocycles. The molecule has 1 amide bonds. The Hall–Kier alpha value is -2.28. The highest BCUT2D eigenvalue weighted by Gasteiger charge is 2.21. The van der Waals surface area contributed by atoms with E-state index in [2.05, 4.69) is 0 Å². The van der Waals surface area contributed by atoms with Crippen LogP contribution in [0.15, 0.2) is 0 Å². The number of hydrogen-bond acceptors (Lipinski definition) is 11. The van der Waals surface area contributed by atoms with E-state index >= 15 is 0 Å². The molecule has 12 heteroatoms. The number of primary amides is 1. The van der Waals surface area contributed by atoms with Crippen molar-refractivity contribution in [2.75, 3.05) is 99.9 Å². The number of carbonyl (C=O) groups is 4. The zero-order valence-electron chi connectivity index (χ0n) is 18.7. The minimum Gasteiger partial charge on any atom is -0.468 e. The Morgan fingerprint density at radius 1 is 0.548 bits per heavy atom. The zero-order chi connectivity index (χ0) is 23.2. The van der Waals surface area contributed by atoms with Crippen LogP contribution in [-0.2, 0) is 33.4 Å². The summed E-state index contributed by atoms with van der Waals surface area (Å²) in [5.74, 6) is -1.54. The molecule has 0 aromatic rings. The van der Waals surface area contributed by atoms with Gasteiger partial charge in [-0.1, -0.05) is 0 Å². The highest BCUT2D eigenvalue weighted by atomic mass is 16.5. The van der Waals surface area contributed by atoms with Crippen LogP contribution in [0.3, 0.4) is 0 Å². The van der Waals surface area contributed by atoms with Crippen LogP contribution in [0.2, 0.25) is 0 Å². The Balaban J connectivity index is 2.96. The monoisotopic (exact) mass is 445 g/mol. The van der Waals surface area contributed by atoms with Crippen LogP contribution < -0.4 is 5.73 Å². The highest BCUT2D eigenvalue weighted by Crippen LogP contribution is 2.02. The van der Waals surface area contributed by atoms with Crippen molar-refractivity contribution in [1.82, 2.24) is 19.6 Å². The predicted molar refractivity (Wildman–Crippen MR) is 111 cm³/mol. The Bertz CT molecular complexity index is 570. The zero-order valence-corrected chi connectivity index (χ0v) is 18.7. The molecule has 0 aliphatic carbocycles. The Labute approximate surface area is 183 Å². The first-order valence-corrected chi connectivity index (χ1v) is 10.2. The summed E-state index contributed by atoms with van der Waals surface area (Å²) < 4.78 is 14.3. The minimum absolute atomic E-state index is 0.0760. The van der Waals surface area contributed by atoms with Crippen molar-refractivity contribution in [3.8, 4) is 0 Å². The molecule has 0 bridgehead atoms. The topological polar surface area (TPSA) is 135 Å². The van der Waals surface area contributed by atoms with Gasteiger partial charge in [-0.05, 0) is 0 Å². The molecule has 2 N–H and O–H groups in total. The van der Waals surface area contributed by atoms with Gasteiger partial charge in [0.15, 0.2) is 0 Å². The lowest BCUT2D eigenvalue weighted by molar-refractivity contribution is -0.144. The summed E-state index contributed by atoms with van der Waals surface area (Å²) in [6.07, 6.45) is 0. The third-order valence-electron chi connectivity index (χ3n) is 5.05. The molecule has 1 aliphatic heterocycles. The average molecular weight is 446 g/mol. The van der Waals surface area contributed by atoms with Crippen LogP contribution in [-0.4, -0.2) is 143 Å². The number of carbonyl (C=O) groups excluding carboxylic acids is 4. The molecular formula is C19H35N5O7. The molecule has 1 heterocycles. The lowest BCUT2D eigenvalue weighted by Crippen LogP contribution is -2.49. The molecule has 1 rings (SSSR count). The van der Waals surface area contributed by atoms with Crippen molar-refractivity contribution in [3.05, 3.63) is 0 Å². The predicted octanol–water partition coefficient (Wildman–Crippen LogP) is -2.79. The van der Waals surface area contributed by atoms with E-state index in [1.165, 1.54) is 21.3 Å². The first-order valence-electron chi connectivity index (χ1n) is 10.2. The number of methoxy groups -OCH3 is 3. The molecule has 31 heavy (non-hydrogen) atoms. The van der Waals surface area contributed by atoms with Gasteiger partial charge in [0, 0.05) is 52.4 Å². The fraction of sp³-hybridized carbons (Fsp3) is 0.789. The van der Waals surface area contributed by atoms with Crippen LogP contribution in [0.4, 0.5) is 0 Å². The summed E-state index contributed by atoms with van der Waals surface area (Å²) in [6.45, 7) is 4.42. The van der Waals surface area contributed by atoms with Crippen molar-refractivity contribution >= 4 is 23.8 Å². The molecule has 0 spiro atoms. The van der Waals surface area contributed by atoms with E-state index in [0.29, 0.717) is 52.4 Å². The lowest BCUT2D eigenvalue weighted by Gasteiger charge is -2.33. The molecule has 1 fully saturated rings. The molecule has 0 radical (unpaired) electrons. The maximum atomic E-state index is 11.8. The summed E-state index contributed by atoms with van der Waals surface area (Å²) in [5.41, 5.74) is 5.38. The van der Waals surface area contributed by atoms with E-state index in [-0.39, 0.29) is 44.1 Å².